The van der Waals surface area contributed by atoms with Gasteiger partial charge in [0.25, 0.3) is 0 Å². The summed E-state index contributed by atoms with van der Waals surface area (Å²) in [5.41, 5.74) is 4.41. The van der Waals surface area contributed by atoms with Crippen LogP contribution in [0.15, 0.2) is 27.9 Å². The van der Waals surface area contributed by atoms with Crippen LogP contribution >= 0.6 is 0 Å². The van der Waals surface area contributed by atoms with Crippen LogP contribution < -0.4 is 16.0 Å². The van der Waals surface area contributed by atoms with Gasteiger partial charge in [-0.25, -0.2) is 13.1 Å². The van der Waals surface area contributed by atoms with Crippen molar-refractivity contribution in [2.24, 2.45) is 5.84 Å². The second-order valence-electron chi connectivity index (χ2n) is 4.57. The number of hydrogen-bond acceptors (Lipinski definition) is 7. The molecular weight excluding hydrogens is 294 g/mol. The molecule has 0 atom stereocenters. The molecule has 0 radical (unpaired) electrons. The maximum atomic E-state index is 12.4. The molecule has 0 saturated heterocycles. The summed E-state index contributed by atoms with van der Waals surface area (Å²) in [5, 5.41) is 3.46. The molecule has 9 heteroatoms. The molecule has 0 saturated carbocycles. The number of sulfonamides is 1. The number of aromatic nitrogens is 2. The molecule has 21 heavy (non-hydrogen) atoms. The predicted molar refractivity (Wildman–Crippen MR) is 76.9 cm³/mol. The number of benzene rings is 1. The highest BCUT2D eigenvalue weighted by Crippen LogP contribution is 2.23. The van der Waals surface area contributed by atoms with E-state index >= 15 is 0 Å². The Kier molecular flexibility index (Phi) is 4.56. The van der Waals surface area contributed by atoms with E-state index in [0.29, 0.717) is 29.1 Å². The highest BCUT2D eigenvalue weighted by Gasteiger charge is 2.20. The molecule has 1 heterocycles. The molecule has 1 aromatic heterocycles. The van der Waals surface area contributed by atoms with Crippen LogP contribution in [-0.2, 0) is 16.4 Å². The SMILES string of the molecule is Cc1cc(NN)cc(C)c1S(=O)(=O)NCCc1ncno1. The van der Waals surface area contributed by atoms with Crippen molar-refractivity contribution >= 4 is 15.7 Å². The van der Waals surface area contributed by atoms with E-state index in [0.717, 1.165) is 0 Å². The van der Waals surface area contributed by atoms with Crippen molar-refractivity contribution in [3.63, 3.8) is 0 Å². The van der Waals surface area contributed by atoms with Crippen LogP contribution in [0.2, 0.25) is 0 Å². The van der Waals surface area contributed by atoms with E-state index in [2.05, 4.69) is 20.3 Å². The standard InChI is InChI=1S/C12H17N5O3S/c1-8-5-10(17-13)6-9(2)12(8)21(18,19)16-4-3-11-14-7-15-20-11/h5-7,16-17H,3-4,13H2,1-2H3. The highest BCUT2D eigenvalue weighted by atomic mass is 32.2. The summed E-state index contributed by atoms with van der Waals surface area (Å²) in [6, 6.07) is 3.36. The second-order valence-corrected chi connectivity index (χ2v) is 6.27. The lowest BCUT2D eigenvalue weighted by atomic mass is 10.1. The zero-order valence-corrected chi connectivity index (χ0v) is 12.6. The fraction of sp³-hybridized carbons (Fsp3) is 0.333. The summed E-state index contributed by atoms with van der Waals surface area (Å²) >= 11 is 0. The van der Waals surface area contributed by atoms with E-state index in [1.165, 1.54) is 6.33 Å². The predicted octanol–water partition coefficient (Wildman–Crippen LogP) is 0.493. The fourth-order valence-corrected chi connectivity index (χ4v) is 3.61. The number of nitrogen functional groups attached to an aromatic ring is 1. The first-order valence-electron chi connectivity index (χ1n) is 6.27. The third-order valence-electron chi connectivity index (χ3n) is 2.93. The second kappa shape index (κ2) is 6.20. The maximum absolute atomic E-state index is 12.4. The number of nitrogens with one attached hydrogen (secondary N) is 2. The van der Waals surface area contributed by atoms with Gasteiger partial charge < -0.3 is 9.95 Å². The Morgan fingerprint density at radius 2 is 1.95 bits per heavy atom. The van der Waals surface area contributed by atoms with E-state index in [9.17, 15) is 8.42 Å². The molecule has 0 fully saturated rings. The number of rotatable bonds is 6. The molecule has 0 aliphatic carbocycles. The van der Waals surface area contributed by atoms with Gasteiger partial charge in [0.15, 0.2) is 6.33 Å². The van der Waals surface area contributed by atoms with Crippen LogP contribution in [-0.4, -0.2) is 25.1 Å². The first-order chi connectivity index (χ1) is 9.94. The Hall–Kier alpha value is -1.97. The van der Waals surface area contributed by atoms with Crippen LogP contribution in [0.4, 0.5) is 5.69 Å². The smallest absolute Gasteiger partial charge is 0.241 e. The average molecular weight is 311 g/mol. The van der Waals surface area contributed by atoms with Crippen molar-refractivity contribution in [1.29, 1.82) is 0 Å². The summed E-state index contributed by atoms with van der Waals surface area (Å²) in [6.07, 6.45) is 1.61. The molecule has 8 nitrogen and oxygen atoms in total. The monoisotopic (exact) mass is 311 g/mol. The topological polar surface area (TPSA) is 123 Å². The lowest BCUT2D eigenvalue weighted by Crippen LogP contribution is -2.27. The number of anilines is 1. The number of nitrogens with two attached hydrogens (primary N) is 1. The van der Waals surface area contributed by atoms with Gasteiger partial charge in [-0.05, 0) is 37.1 Å². The van der Waals surface area contributed by atoms with Crippen molar-refractivity contribution < 1.29 is 12.9 Å². The highest BCUT2D eigenvalue weighted by molar-refractivity contribution is 7.89. The first kappa shape index (κ1) is 15.4. The van der Waals surface area contributed by atoms with E-state index < -0.39 is 10.0 Å². The number of aryl methyl sites for hydroxylation is 2. The minimum Gasteiger partial charge on any atom is -0.340 e. The first-order valence-corrected chi connectivity index (χ1v) is 7.75. The Morgan fingerprint density at radius 1 is 1.29 bits per heavy atom. The molecule has 0 aliphatic rings. The van der Waals surface area contributed by atoms with Gasteiger partial charge in [0.1, 0.15) is 0 Å². The molecule has 0 spiro atoms. The van der Waals surface area contributed by atoms with E-state index in [4.69, 9.17) is 10.4 Å². The van der Waals surface area contributed by atoms with Gasteiger partial charge >= 0.3 is 0 Å². The molecule has 4 N–H and O–H groups in total. The third kappa shape index (κ3) is 3.57. The van der Waals surface area contributed by atoms with Crippen molar-refractivity contribution in [3.8, 4) is 0 Å². The molecular formula is C12H17N5O3S. The lowest BCUT2D eigenvalue weighted by molar-refractivity contribution is 0.377. The maximum Gasteiger partial charge on any atom is 0.241 e. The summed E-state index contributed by atoms with van der Waals surface area (Å²) in [5.74, 6) is 5.73. The Bertz CT molecular complexity index is 689. The van der Waals surface area contributed by atoms with E-state index in [1.807, 2.05) is 0 Å². The summed E-state index contributed by atoms with van der Waals surface area (Å²) in [4.78, 5) is 4.09. The number of hydrogen-bond donors (Lipinski definition) is 3. The molecule has 2 aromatic rings. The molecule has 0 amide bonds. The normalized spacial score (nSPS) is 11.6. The number of nitrogens with zero attached hydrogens (tertiary/aromatic N) is 2. The van der Waals surface area contributed by atoms with Gasteiger partial charge in [-0.15, -0.1) is 0 Å². The molecule has 0 aliphatic heterocycles. The van der Waals surface area contributed by atoms with Gasteiger partial charge in [-0.2, -0.15) is 4.98 Å². The number of hydrazine groups is 1. The minimum atomic E-state index is -3.61. The van der Waals surface area contributed by atoms with Crippen LogP contribution in [0, 0.1) is 13.8 Å². The van der Waals surface area contributed by atoms with Crippen LogP contribution in [0.3, 0.4) is 0 Å². The fourth-order valence-electron chi connectivity index (χ4n) is 2.13. The minimum absolute atomic E-state index is 0.181. The average Bonchev–Trinajstić information content (AvgIpc) is 2.90. The Morgan fingerprint density at radius 3 is 2.48 bits per heavy atom. The summed E-state index contributed by atoms with van der Waals surface area (Å²) < 4.78 is 32.1. The van der Waals surface area contributed by atoms with Gasteiger partial charge in [-0.3, -0.25) is 5.84 Å². The Labute approximate surface area is 122 Å². The Balaban J connectivity index is 2.15. The largest absolute Gasteiger partial charge is 0.340 e. The van der Waals surface area contributed by atoms with Crippen molar-refractivity contribution in [2.75, 3.05) is 12.0 Å². The summed E-state index contributed by atoms with van der Waals surface area (Å²) in [7, 11) is -3.61. The quantitative estimate of drug-likeness (QED) is 0.524. The van der Waals surface area contributed by atoms with Crippen molar-refractivity contribution in [2.45, 2.75) is 25.2 Å². The zero-order valence-electron chi connectivity index (χ0n) is 11.8. The molecule has 0 bridgehead atoms. The van der Waals surface area contributed by atoms with Crippen LogP contribution in [0.25, 0.3) is 0 Å². The molecule has 114 valence electrons. The molecule has 0 unspecified atom stereocenters. The van der Waals surface area contributed by atoms with Crippen LogP contribution in [0.5, 0.6) is 0 Å². The van der Waals surface area contributed by atoms with Gasteiger partial charge in [0.2, 0.25) is 15.9 Å². The van der Waals surface area contributed by atoms with E-state index in [-0.39, 0.29) is 11.4 Å². The van der Waals surface area contributed by atoms with Crippen molar-refractivity contribution in [3.05, 3.63) is 35.5 Å². The van der Waals surface area contributed by atoms with Crippen LogP contribution in [0.1, 0.15) is 17.0 Å². The lowest BCUT2D eigenvalue weighted by Gasteiger charge is -2.13. The molecule has 1 aromatic carbocycles. The van der Waals surface area contributed by atoms with Gasteiger partial charge in [0, 0.05) is 18.7 Å². The van der Waals surface area contributed by atoms with E-state index in [1.54, 1.807) is 26.0 Å². The third-order valence-corrected chi connectivity index (χ3v) is 4.70. The van der Waals surface area contributed by atoms with Gasteiger partial charge in [-0.1, -0.05) is 5.16 Å². The zero-order chi connectivity index (χ0) is 15.5. The van der Waals surface area contributed by atoms with Gasteiger partial charge in [0.05, 0.1) is 4.90 Å². The molecule has 2 rings (SSSR count). The van der Waals surface area contributed by atoms with Crippen molar-refractivity contribution in [1.82, 2.24) is 14.9 Å². The summed E-state index contributed by atoms with van der Waals surface area (Å²) in [6.45, 7) is 3.63.